The largest absolute Gasteiger partial charge is 1.00 e. The fourth-order valence-corrected chi connectivity index (χ4v) is 7.95. The molecule has 0 aromatic heterocycles. The molecule has 0 unspecified atom stereocenters. The topological polar surface area (TPSA) is 0 Å². The van der Waals surface area contributed by atoms with E-state index in [9.17, 15) is 0 Å². The number of benzene rings is 4. The fraction of sp³-hybridized carbons (Fsp3) is 0.362. The minimum absolute atomic E-state index is 0. The minimum Gasteiger partial charge on any atom is -1.00 e. The smallest absolute Gasteiger partial charge is 0.0142 e. The summed E-state index contributed by atoms with van der Waals surface area (Å²) in [6.45, 7) is 28.0. The summed E-state index contributed by atoms with van der Waals surface area (Å²) in [4.78, 5) is 0. The zero-order valence-electron chi connectivity index (χ0n) is 33.0. The van der Waals surface area contributed by atoms with Crippen LogP contribution in [-0.2, 0) is 45.9 Å². The van der Waals surface area contributed by atoms with Gasteiger partial charge in [0.1, 0.15) is 0 Å². The summed E-state index contributed by atoms with van der Waals surface area (Å²) in [7, 11) is 0. The third-order valence-electron chi connectivity index (χ3n) is 9.03. The van der Waals surface area contributed by atoms with E-state index >= 15 is 0 Å². The number of halogens is 4. The van der Waals surface area contributed by atoms with Crippen LogP contribution in [0.2, 0.25) is 0 Å². The first kappa shape index (κ1) is 46.7. The van der Waals surface area contributed by atoms with Crippen molar-refractivity contribution in [2.75, 3.05) is 0 Å². The van der Waals surface area contributed by atoms with Crippen LogP contribution in [0.25, 0.3) is 21.5 Å². The molecule has 5 aromatic carbocycles. The number of fused-ring (bicyclic) bond motifs is 3. The van der Waals surface area contributed by atoms with Crippen LogP contribution in [0.3, 0.4) is 0 Å². The van der Waals surface area contributed by atoms with Crippen molar-refractivity contribution in [3.63, 3.8) is 0 Å². The molecule has 6 rings (SSSR count). The molecule has 1 aliphatic rings. The van der Waals surface area contributed by atoms with Crippen molar-refractivity contribution < 1.29 is 49.0 Å². The monoisotopic (exact) mass is 936 g/mol. The van der Waals surface area contributed by atoms with Crippen molar-refractivity contribution in [1.29, 1.82) is 0 Å². The fourth-order valence-electron chi connectivity index (χ4n) is 6.38. The van der Waals surface area contributed by atoms with Gasteiger partial charge >= 0.3 is 128 Å². The molecule has 0 atom stereocenters. The van der Waals surface area contributed by atoms with Crippen LogP contribution in [0.5, 0.6) is 0 Å². The van der Waals surface area contributed by atoms with E-state index in [4.69, 9.17) is 0 Å². The average molecular weight is 941 g/mol. The van der Waals surface area contributed by atoms with Crippen molar-refractivity contribution in [3.8, 4) is 0 Å². The maximum absolute atomic E-state index is 3.50. The summed E-state index contributed by atoms with van der Waals surface area (Å²) in [5.41, 5.74) is 8.97. The number of hydrogen-bond acceptors (Lipinski definition) is 0. The normalized spacial score (nSPS) is 12.8. The first-order valence-electron chi connectivity index (χ1n) is 17.6. The van der Waals surface area contributed by atoms with Crippen LogP contribution in [0.1, 0.15) is 123 Å². The molecule has 1 aliphatic carbocycles. The van der Waals surface area contributed by atoms with Crippen LogP contribution in [-0.4, -0.2) is 3.21 Å². The third-order valence-corrected chi connectivity index (χ3v) is 11.4. The summed E-state index contributed by atoms with van der Waals surface area (Å²) in [5.74, 6) is 0. The third kappa shape index (κ3) is 12.0. The van der Waals surface area contributed by atoms with Gasteiger partial charge in [-0.1, -0.05) is 117 Å². The average Bonchev–Trinajstić information content (AvgIpc) is 3.70. The molecule has 0 amide bonds. The molecule has 0 N–H and O–H groups in total. The van der Waals surface area contributed by atoms with Gasteiger partial charge < -0.3 is 24.8 Å². The Morgan fingerprint density at radius 3 is 1.21 bits per heavy atom. The molecule has 5 aromatic rings. The zero-order chi connectivity index (χ0) is 37.2. The quantitative estimate of drug-likeness (QED) is 0.156. The summed E-state index contributed by atoms with van der Waals surface area (Å²) < 4.78 is 3.62. The maximum atomic E-state index is 3.50. The number of hydrogen-bond donors (Lipinski definition) is 0. The molecule has 0 saturated heterocycles. The van der Waals surface area contributed by atoms with Crippen molar-refractivity contribution in [1.82, 2.24) is 0 Å². The predicted molar refractivity (Wildman–Crippen MR) is 225 cm³/mol. The van der Waals surface area contributed by atoms with Gasteiger partial charge in [-0.25, -0.2) is 12.2 Å². The van der Waals surface area contributed by atoms with E-state index in [1.807, 2.05) is 24.3 Å². The van der Waals surface area contributed by atoms with Crippen LogP contribution in [0.4, 0.5) is 0 Å². The number of rotatable bonds is 2. The van der Waals surface area contributed by atoms with Gasteiger partial charge in [0.15, 0.2) is 0 Å². The van der Waals surface area contributed by atoms with Gasteiger partial charge in [-0.2, -0.15) is 6.08 Å². The maximum Gasteiger partial charge on any atom is -0.0142 e. The van der Waals surface area contributed by atoms with Crippen molar-refractivity contribution in [3.05, 3.63) is 145 Å². The van der Waals surface area contributed by atoms with Crippen molar-refractivity contribution in [2.45, 2.75) is 111 Å². The van der Waals surface area contributed by atoms with Gasteiger partial charge in [0.05, 0.1) is 0 Å². The second kappa shape index (κ2) is 18.4. The van der Waals surface area contributed by atoms with Crippen LogP contribution < -0.4 is 24.8 Å². The zero-order valence-corrected chi connectivity index (χ0v) is 40.1. The predicted octanol–water partition coefficient (Wildman–Crippen LogP) is 8.54. The minimum atomic E-state index is 0. The Labute approximate surface area is 359 Å². The molecule has 0 heterocycles. The Morgan fingerprint density at radius 2 is 0.942 bits per heavy atom. The van der Waals surface area contributed by atoms with Gasteiger partial charge in [0.25, 0.3) is 0 Å². The first-order valence-corrected chi connectivity index (χ1v) is 20.4. The van der Waals surface area contributed by atoms with Crippen LogP contribution >= 0.6 is 31.9 Å². The van der Waals surface area contributed by atoms with Gasteiger partial charge in [0.2, 0.25) is 0 Å². The summed E-state index contributed by atoms with van der Waals surface area (Å²) in [6, 6.07) is 29.2. The second-order valence-corrected chi connectivity index (χ2v) is 20.6. The van der Waals surface area contributed by atoms with Crippen molar-refractivity contribution >= 4 is 56.6 Å². The van der Waals surface area contributed by atoms with E-state index in [1.54, 1.807) is 0 Å². The van der Waals surface area contributed by atoms with Gasteiger partial charge in [-0.05, 0) is 21.7 Å². The van der Waals surface area contributed by atoms with E-state index in [0.29, 0.717) is 0 Å². The molecule has 0 nitrogen and oxygen atoms in total. The summed E-state index contributed by atoms with van der Waals surface area (Å²) in [5, 5.41) is 5.57. The van der Waals surface area contributed by atoms with Crippen LogP contribution in [0.15, 0.2) is 106 Å². The Bertz CT molecular complexity index is 1910. The molecular weight excluding hydrogens is 886 g/mol. The molecule has 52 heavy (non-hydrogen) atoms. The van der Waals surface area contributed by atoms with E-state index in [2.05, 4.69) is 194 Å². The SMILES string of the molecule is Brc1cccc([C](=[Zr+2])c2cccc(Br)c2)c1.CC(C)(C)c1cc2[cH-]c3cc(C(C)(C)C)c(C(C)(C)C)cc3c2cc1C(C)(C)C.[C-]1=CC=CC1.[Cl-].[Cl-]. The summed E-state index contributed by atoms with van der Waals surface area (Å²) >= 11 is 8.43. The first-order chi connectivity index (χ1) is 23.1. The van der Waals surface area contributed by atoms with E-state index in [1.165, 1.54) is 82.4 Å². The molecule has 5 heteroatoms. The molecule has 0 bridgehead atoms. The van der Waals surface area contributed by atoms with Crippen molar-refractivity contribution in [2.24, 2.45) is 0 Å². The number of allylic oxidation sites excluding steroid dienone is 4. The Hall–Kier alpha value is -1.48. The molecule has 276 valence electrons. The van der Waals surface area contributed by atoms with E-state index < -0.39 is 0 Å². The standard InChI is InChI=1S/C29H41.C13H8Br2.C5H5.2ClH.Zr/c1-26(2,3)22-14-18-13-19-15-23(27(4,5)6)25(29(10,11)12)17-21(19)20(18)16-24(22)28(7,8)9;14-12-5-1-3-10(8-12)7-11-4-2-6-13(15)9-11;1-2-4-5-3-1;;;/h13-17H,1-12H3;1-6,8-9H;1-3H,4H2;2*1H;/q-1;;-1;;;+2/p-2. The van der Waals surface area contributed by atoms with E-state index in [0.717, 1.165) is 15.4 Å². The van der Waals surface area contributed by atoms with Gasteiger partial charge in [0, 0.05) is 0 Å². The van der Waals surface area contributed by atoms with Crippen LogP contribution in [0, 0.1) is 6.08 Å². The molecule has 0 saturated carbocycles. The Morgan fingerprint density at radius 1 is 0.577 bits per heavy atom. The Kier molecular flexibility index (Phi) is 16.6. The molecule has 0 fully saturated rings. The summed E-state index contributed by atoms with van der Waals surface area (Å²) in [6.07, 6.45) is 10.0. The molecule has 0 radical (unpaired) electrons. The molecule has 0 aliphatic heterocycles. The second-order valence-electron chi connectivity index (χ2n) is 17.5. The molecular formula is C47H54Br2Cl2Zr-2. The van der Waals surface area contributed by atoms with Gasteiger partial charge in [-0.3, -0.25) is 6.08 Å². The van der Waals surface area contributed by atoms with Gasteiger partial charge in [-0.15, -0.1) is 46.2 Å². The Balaban J connectivity index is 0.000000340. The van der Waals surface area contributed by atoms with E-state index in [-0.39, 0.29) is 46.5 Å². The molecule has 0 spiro atoms.